The van der Waals surface area contributed by atoms with Crippen molar-refractivity contribution in [1.29, 1.82) is 0 Å². The van der Waals surface area contributed by atoms with Gasteiger partial charge in [-0.1, -0.05) is 18.2 Å². The summed E-state index contributed by atoms with van der Waals surface area (Å²) < 4.78 is 26.7. The molecule has 1 aliphatic heterocycles. The molecule has 1 aliphatic rings. The lowest BCUT2D eigenvalue weighted by atomic mass is 10.0. The van der Waals surface area contributed by atoms with E-state index in [0.29, 0.717) is 12.3 Å². The Labute approximate surface area is 186 Å². The molecule has 6 nitrogen and oxygen atoms in total. The summed E-state index contributed by atoms with van der Waals surface area (Å²) in [5.74, 6) is 0.426. The number of hydrogen-bond acceptors (Lipinski definition) is 4. The van der Waals surface area contributed by atoms with E-state index in [2.05, 4.69) is 4.98 Å². The molecule has 0 saturated carbocycles. The SMILES string of the molecule is COc1cc(C=C2O[C@@H](C)CN([C@@H](C)c3ccc(F)cc3)C2=O)ccc1-n1cnc(C)c1. The van der Waals surface area contributed by atoms with Crippen LogP contribution in [0.25, 0.3) is 11.8 Å². The fourth-order valence-corrected chi connectivity index (χ4v) is 3.86. The Morgan fingerprint density at radius 1 is 1.25 bits per heavy atom. The zero-order valence-electron chi connectivity index (χ0n) is 18.6. The van der Waals surface area contributed by atoms with Crippen molar-refractivity contribution in [2.75, 3.05) is 13.7 Å². The van der Waals surface area contributed by atoms with Crippen LogP contribution in [0.5, 0.6) is 5.75 Å². The lowest BCUT2D eigenvalue weighted by molar-refractivity contribution is -0.141. The predicted octanol–water partition coefficient (Wildman–Crippen LogP) is 4.68. The third-order valence-corrected chi connectivity index (χ3v) is 5.56. The minimum atomic E-state index is -0.300. The van der Waals surface area contributed by atoms with Gasteiger partial charge in [0.05, 0.1) is 37.4 Å². The summed E-state index contributed by atoms with van der Waals surface area (Å²) in [5.41, 5.74) is 3.42. The number of rotatable bonds is 5. The molecule has 166 valence electrons. The molecule has 0 spiro atoms. The highest BCUT2D eigenvalue weighted by atomic mass is 19.1. The molecule has 1 fully saturated rings. The van der Waals surface area contributed by atoms with Crippen molar-refractivity contribution in [3.8, 4) is 11.4 Å². The summed E-state index contributed by atoms with van der Waals surface area (Å²) in [4.78, 5) is 19.2. The smallest absolute Gasteiger partial charge is 0.289 e. The first-order valence-electron chi connectivity index (χ1n) is 10.5. The van der Waals surface area contributed by atoms with Gasteiger partial charge in [-0.15, -0.1) is 0 Å². The number of imidazole rings is 1. The van der Waals surface area contributed by atoms with Crippen LogP contribution in [0.4, 0.5) is 4.39 Å². The standard InChI is InChI=1S/C25H26FN3O3/c1-16-13-28(15-27-16)22-10-5-19(11-23(22)31-4)12-24-25(30)29(14-17(2)32-24)18(3)20-6-8-21(26)9-7-20/h5-13,15,17-18H,14H2,1-4H3/t17-,18-/m0/s1. The number of ether oxygens (including phenoxy) is 2. The average molecular weight is 435 g/mol. The van der Waals surface area contributed by atoms with Crippen LogP contribution in [0.1, 0.15) is 36.7 Å². The number of aromatic nitrogens is 2. The van der Waals surface area contributed by atoms with Crippen LogP contribution < -0.4 is 4.74 Å². The van der Waals surface area contributed by atoms with E-state index in [0.717, 1.165) is 22.5 Å². The molecule has 0 N–H and O–H groups in total. The number of hydrogen-bond donors (Lipinski definition) is 0. The Hall–Kier alpha value is -3.61. The van der Waals surface area contributed by atoms with E-state index in [-0.39, 0.29) is 29.6 Å². The monoisotopic (exact) mass is 435 g/mol. The first-order chi connectivity index (χ1) is 15.4. The third kappa shape index (κ3) is 4.37. The number of halogens is 1. The molecule has 0 radical (unpaired) electrons. The molecule has 2 heterocycles. The second-order valence-electron chi connectivity index (χ2n) is 7.98. The van der Waals surface area contributed by atoms with Crippen molar-refractivity contribution in [2.45, 2.75) is 32.9 Å². The van der Waals surface area contributed by atoms with E-state index in [1.165, 1.54) is 12.1 Å². The molecule has 7 heteroatoms. The molecule has 2 atom stereocenters. The van der Waals surface area contributed by atoms with E-state index in [9.17, 15) is 9.18 Å². The number of carbonyl (C=O) groups excluding carboxylic acids is 1. The summed E-state index contributed by atoms with van der Waals surface area (Å²) in [6.07, 6.45) is 5.21. The molecule has 0 aliphatic carbocycles. The van der Waals surface area contributed by atoms with Crippen LogP contribution in [0.2, 0.25) is 0 Å². The fraction of sp³-hybridized carbons (Fsp3) is 0.280. The molecule has 1 aromatic heterocycles. The number of methoxy groups -OCH3 is 1. The van der Waals surface area contributed by atoms with Gasteiger partial charge in [0, 0.05) is 6.20 Å². The molecular weight excluding hydrogens is 409 g/mol. The lowest BCUT2D eigenvalue weighted by Gasteiger charge is -2.37. The first kappa shape index (κ1) is 21.6. The summed E-state index contributed by atoms with van der Waals surface area (Å²) in [6, 6.07) is 11.7. The van der Waals surface area contributed by atoms with Gasteiger partial charge < -0.3 is 18.9 Å². The summed E-state index contributed by atoms with van der Waals surface area (Å²) >= 11 is 0. The van der Waals surface area contributed by atoms with E-state index in [4.69, 9.17) is 9.47 Å². The lowest BCUT2D eigenvalue weighted by Crippen LogP contribution is -2.45. The van der Waals surface area contributed by atoms with E-state index in [1.54, 1.807) is 36.5 Å². The Bertz CT molecular complexity index is 1150. The quantitative estimate of drug-likeness (QED) is 0.546. The maximum Gasteiger partial charge on any atom is 0.289 e. The molecule has 32 heavy (non-hydrogen) atoms. The van der Waals surface area contributed by atoms with Crippen molar-refractivity contribution in [1.82, 2.24) is 14.5 Å². The van der Waals surface area contributed by atoms with Gasteiger partial charge in [0.25, 0.3) is 5.91 Å². The molecule has 1 saturated heterocycles. The van der Waals surface area contributed by atoms with Crippen molar-refractivity contribution in [3.63, 3.8) is 0 Å². The molecule has 1 amide bonds. The largest absolute Gasteiger partial charge is 0.495 e. The van der Waals surface area contributed by atoms with E-state index < -0.39 is 0 Å². The molecular formula is C25H26FN3O3. The molecule has 0 bridgehead atoms. The normalized spacial score (nSPS) is 18.5. The molecule has 4 rings (SSSR count). The van der Waals surface area contributed by atoms with Gasteiger partial charge in [0.15, 0.2) is 5.76 Å². The van der Waals surface area contributed by atoms with Crippen LogP contribution in [-0.2, 0) is 9.53 Å². The number of aryl methyl sites for hydroxylation is 1. The highest BCUT2D eigenvalue weighted by Gasteiger charge is 2.32. The summed E-state index contributed by atoms with van der Waals surface area (Å²) in [6.45, 7) is 6.24. The minimum absolute atomic E-state index is 0.169. The maximum absolute atomic E-state index is 13.3. The zero-order valence-corrected chi connectivity index (χ0v) is 18.6. The first-order valence-corrected chi connectivity index (χ1v) is 10.5. The number of morpholine rings is 1. The molecule has 2 aromatic carbocycles. The van der Waals surface area contributed by atoms with Gasteiger partial charge >= 0.3 is 0 Å². The van der Waals surface area contributed by atoms with Crippen LogP contribution in [0.15, 0.2) is 60.7 Å². The fourth-order valence-electron chi connectivity index (χ4n) is 3.86. The molecule has 3 aromatic rings. The minimum Gasteiger partial charge on any atom is -0.495 e. The van der Waals surface area contributed by atoms with Gasteiger partial charge in [0.2, 0.25) is 0 Å². The number of amides is 1. The highest BCUT2D eigenvalue weighted by molar-refractivity contribution is 5.96. The number of nitrogens with zero attached hydrogens (tertiary/aromatic N) is 3. The third-order valence-electron chi connectivity index (χ3n) is 5.56. The van der Waals surface area contributed by atoms with Crippen LogP contribution >= 0.6 is 0 Å². The Morgan fingerprint density at radius 2 is 2.00 bits per heavy atom. The van der Waals surface area contributed by atoms with Crippen molar-refractivity contribution >= 4 is 12.0 Å². The highest BCUT2D eigenvalue weighted by Crippen LogP contribution is 2.30. The van der Waals surface area contributed by atoms with Crippen molar-refractivity contribution in [2.24, 2.45) is 0 Å². The van der Waals surface area contributed by atoms with Gasteiger partial charge in [-0.25, -0.2) is 9.37 Å². The van der Waals surface area contributed by atoms with Gasteiger partial charge in [-0.2, -0.15) is 0 Å². The average Bonchev–Trinajstić information content (AvgIpc) is 3.22. The number of carbonyl (C=O) groups is 1. The van der Waals surface area contributed by atoms with Crippen LogP contribution in [-0.4, -0.2) is 40.1 Å². The summed E-state index contributed by atoms with van der Waals surface area (Å²) in [5, 5.41) is 0. The predicted molar refractivity (Wildman–Crippen MR) is 120 cm³/mol. The summed E-state index contributed by atoms with van der Waals surface area (Å²) in [7, 11) is 1.61. The second kappa shape index (κ2) is 8.86. The Morgan fingerprint density at radius 3 is 2.66 bits per heavy atom. The van der Waals surface area contributed by atoms with E-state index >= 15 is 0 Å². The van der Waals surface area contributed by atoms with Crippen molar-refractivity contribution in [3.05, 3.63) is 83.4 Å². The topological polar surface area (TPSA) is 56.6 Å². The van der Waals surface area contributed by atoms with Crippen LogP contribution in [0.3, 0.4) is 0 Å². The maximum atomic E-state index is 13.3. The Kier molecular flexibility index (Phi) is 5.99. The van der Waals surface area contributed by atoms with Crippen molar-refractivity contribution < 1.29 is 18.7 Å². The zero-order chi connectivity index (χ0) is 22.8. The van der Waals surface area contributed by atoms with Crippen LogP contribution in [0, 0.1) is 12.7 Å². The number of benzene rings is 2. The van der Waals surface area contributed by atoms with E-state index in [1.807, 2.05) is 49.7 Å². The second-order valence-corrected chi connectivity index (χ2v) is 7.98. The Balaban J connectivity index is 1.62. The van der Waals surface area contributed by atoms with Gasteiger partial charge in [-0.05, 0) is 62.2 Å². The van der Waals surface area contributed by atoms with Gasteiger partial charge in [0.1, 0.15) is 17.7 Å². The molecule has 0 unspecified atom stereocenters. The van der Waals surface area contributed by atoms with Gasteiger partial charge in [-0.3, -0.25) is 4.79 Å².